The molecular weight excluding hydrogens is 304 g/mol. The Balaban J connectivity index is 2.41. The maximum atomic E-state index is 12.6. The highest BCUT2D eigenvalue weighted by Gasteiger charge is 2.29. The van der Waals surface area contributed by atoms with E-state index >= 15 is 0 Å². The third-order valence-electron chi connectivity index (χ3n) is 4.90. The average molecular weight is 341 g/mol. The van der Waals surface area contributed by atoms with Crippen molar-refractivity contribution in [1.29, 1.82) is 0 Å². The number of carboxylic acids is 1. The molecule has 1 saturated heterocycles. The van der Waals surface area contributed by atoms with Crippen LogP contribution in [0.25, 0.3) is 0 Å². The second-order valence-electron chi connectivity index (χ2n) is 7.06. The van der Waals surface area contributed by atoms with Gasteiger partial charge in [0.05, 0.1) is 12.5 Å². The zero-order valence-corrected chi connectivity index (χ0v) is 15.6. The van der Waals surface area contributed by atoms with Crippen molar-refractivity contribution < 1.29 is 14.7 Å². The largest absolute Gasteiger partial charge is 0.481 e. The van der Waals surface area contributed by atoms with Gasteiger partial charge in [-0.05, 0) is 25.8 Å². The molecule has 1 fully saturated rings. The number of nitrogens with zero attached hydrogens (tertiary/aromatic N) is 2. The van der Waals surface area contributed by atoms with E-state index < -0.39 is 5.97 Å². The first-order valence-corrected chi connectivity index (χ1v) is 9.81. The molecule has 0 aromatic heterocycles. The normalized spacial score (nSPS) is 18.0. The Hall–Kier alpha value is -1.10. The summed E-state index contributed by atoms with van der Waals surface area (Å²) in [7, 11) is 0. The van der Waals surface area contributed by atoms with Gasteiger partial charge in [0.15, 0.2) is 0 Å². The molecule has 0 radical (unpaired) electrons. The SMILES string of the molecule is CCCCCCN(CCCCCC)C(=O)CN1CCC(C(=O)O)C1. The van der Waals surface area contributed by atoms with Crippen LogP contribution < -0.4 is 0 Å². The first kappa shape index (κ1) is 20.9. The van der Waals surface area contributed by atoms with Gasteiger partial charge in [-0.2, -0.15) is 0 Å². The minimum atomic E-state index is -0.735. The summed E-state index contributed by atoms with van der Waals surface area (Å²) >= 11 is 0. The lowest BCUT2D eigenvalue weighted by atomic mass is 10.1. The minimum Gasteiger partial charge on any atom is -0.481 e. The molecule has 0 saturated carbocycles. The highest BCUT2D eigenvalue weighted by molar-refractivity contribution is 5.78. The first-order chi connectivity index (χ1) is 11.6. The maximum absolute atomic E-state index is 12.6. The van der Waals surface area contributed by atoms with Crippen molar-refractivity contribution in [2.45, 2.75) is 71.6 Å². The van der Waals surface area contributed by atoms with E-state index in [0.717, 1.165) is 32.5 Å². The van der Waals surface area contributed by atoms with Gasteiger partial charge >= 0.3 is 5.97 Å². The smallest absolute Gasteiger partial charge is 0.307 e. The van der Waals surface area contributed by atoms with E-state index in [1.165, 1.54) is 38.5 Å². The van der Waals surface area contributed by atoms with Crippen molar-refractivity contribution in [1.82, 2.24) is 9.80 Å². The van der Waals surface area contributed by atoms with Crippen molar-refractivity contribution in [2.24, 2.45) is 5.92 Å². The molecule has 1 aliphatic rings. The molecule has 1 aliphatic heterocycles. The summed E-state index contributed by atoms with van der Waals surface area (Å²) in [6, 6.07) is 0. The molecule has 24 heavy (non-hydrogen) atoms. The Kier molecular flexibility index (Phi) is 10.7. The van der Waals surface area contributed by atoms with Crippen LogP contribution in [0.15, 0.2) is 0 Å². The van der Waals surface area contributed by atoms with Gasteiger partial charge < -0.3 is 10.0 Å². The van der Waals surface area contributed by atoms with E-state index in [9.17, 15) is 9.59 Å². The number of carbonyl (C=O) groups is 2. The van der Waals surface area contributed by atoms with Crippen LogP contribution in [0.2, 0.25) is 0 Å². The summed E-state index contributed by atoms with van der Waals surface area (Å²) in [4.78, 5) is 27.7. The van der Waals surface area contributed by atoms with Gasteiger partial charge in [-0.15, -0.1) is 0 Å². The number of hydrogen-bond donors (Lipinski definition) is 1. The van der Waals surface area contributed by atoms with Gasteiger partial charge in [0.25, 0.3) is 0 Å². The van der Waals surface area contributed by atoms with Crippen LogP contribution >= 0.6 is 0 Å². The molecule has 0 aliphatic carbocycles. The summed E-state index contributed by atoms with van der Waals surface area (Å²) in [6.45, 7) is 7.70. The van der Waals surface area contributed by atoms with Crippen molar-refractivity contribution in [3.05, 3.63) is 0 Å². The lowest BCUT2D eigenvalue weighted by molar-refractivity contribution is -0.141. The Morgan fingerprint density at radius 1 is 1.00 bits per heavy atom. The Morgan fingerprint density at radius 3 is 2.04 bits per heavy atom. The second-order valence-corrected chi connectivity index (χ2v) is 7.06. The number of likely N-dealkylation sites (tertiary alicyclic amines) is 1. The fourth-order valence-corrected chi connectivity index (χ4v) is 3.29. The quantitative estimate of drug-likeness (QED) is 0.522. The number of amides is 1. The fourth-order valence-electron chi connectivity index (χ4n) is 3.29. The van der Waals surface area contributed by atoms with Crippen LogP contribution in [0.3, 0.4) is 0 Å². The molecule has 1 atom stereocenters. The standard InChI is InChI=1S/C19H36N2O3/c1-3-5-7-9-12-21(13-10-8-6-4-2)18(22)16-20-14-11-17(15-20)19(23)24/h17H,3-16H2,1-2H3,(H,23,24). The van der Waals surface area contributed by atoms with E-state index in [4.69, 9.17) is 5.11 Å². The highest BCUT2D eigenvalue weighted by atomic mass is 16.4. The van der Waals surface area contributed by atoms with Gasteiger partial charge in [0.2, 0.25) is 5.91 Å². The summed E-state index contributed by atoms with van der Waals surface area (Å²) < 4.78 is 0. The molecule has 0 aromatic rings. The van der Waals surface area contributed by atoms with E-state index in [1.54, 1.807) is 0 Å². The number of hydrogen-bond acceptors (Lipinski definition) is 3. The molecule has 1 heterocycles. The summed E-state index contributed by atoms with van der Waals surface area (Å²) in [5, 5.41) is 9.09. The highest BCUT2D eigenvalue weighted by Crippen LogP contribution is 2.16. The minimum absolute atomic E-state index is 0.175. The van der Waals surface area contributed by atoms with Gasteiger partial charge in [0, 0.05) is 19.6 Å². The van der Waals surface area contributed by atoms with Crippen LogP contribution in [0, 0.1) is 5.92 Å². The van der Waals surface area contributed by atoms with Crippen molar-refractivity contribution in [3.8, 4) is 0 Å². The first-order valence-electron chi connectivity index (χ1n) is 9.81. The lowest BCUT2D eigenvalue weighted by Crippen LogP contribution is -2.41. The van der Waals surface area contributed by atoms with Gasteiger partial charge in [0.1, 0.15) is 0 Å². The second kappa shape index (κ2) is 12.3. The van der Waals surface area contributed by atoms with Crippen molar-refractivity contribution in [3.63, 3.8) is 0 Å². The van der Waals surface area contributed by atoms with Crippen molar-refractivity contribution in [2.75, 3.05) is 32.7 Å². The monoisotopic (exact) mass is 340 g/mol. The van der Waals surface area contributed by atoms with E-state index in [2.05, 4.69) is 13.8 Å². The zero-order chi connectivity index (χ0) is 17.8. The molecule has 0 spiro atoms. The number of unbranched alkanes of at least 4 members (excludes halogenated alkanes) is 6. The number of carbonyl (C=O) groups excluding carboxylic acids is 1. The lowest BCUT2D eigenvalue weighted by Gasteiger charge is -2.25. The number of carboxylic acid groups (broad SMARTS) is 1. The predicted octanol–water partition coefficient (Wildman–Crippen LogP) is 3.38. The van der Waals surface area contributed by atoms with Crippen LogP contribution in [0.1, 0.15) is 71.6 Å². The van der Waals surface area contributed by atoms with Crippen molar-refractivity contribution >= 4 is 11.9 Å². The van der Waals surface area contributed by atoms with E-state index in [-0.39, 0.29) is 11.8 Å². The summed E-state index contributed by atoms with van der Waals surface area (Å²) in [6.07, 6.45) is 10.0. The Bertz CT molecular complexity index is 362. The summed E-state index contributed by atoms with van der Waals surface area (Å²) in [5.41, 5.74) is 0. The van der Waals surface area contributed by atoms with Crippen LogP contribution in [-0.4, -0.2) is 59.5 Å². The molecule has 5 heteroatoms. The van der Waals surface area contributed by atoms with Crippen LogP contribution in [0.5, 0.6) is 0 Å². The molecule has 0 aromatic carbocycles. The molecule has 1 amide bonds. The van der Waals surface area contributed by atoms with Gasteiger partial charge in [-0.1, -0.05) is 52.4 Å². The number of rotatable bonds is 13. The molecule has 1 rings (SSSR count). The maximum Gasteiger partial charge on any atom is 0.307 e. The third kappa shape index (κ3) is 8.13. The molecule has 5 nitrogen and oxygen atoms in total. The molecule has 0 bridgehead atoms. The summed E-state index contributed by atoms with van der Waals surface area (Å²) in [5.74, 6) is -0.865. The van der Waals surface area contributed by atoms with E-state index in [0.29, 0.717) is 19.5 Å². The molecular formula is C19H36N2O3. The molecule has 1 N–H and O–H groups in total. The Morgan fingerprint density at radius 2 is 1.58 bits per heavy atom. The predicted molar refractivity (Wildman–Crippen MR) is 97.0 cm³/mol. The van der Waals surface area contributed by atoms with Crippen LogP contribution in [-0.2, 0) is 9.59 Å². The molecule has 140 valence electrons. The Labute approximate surface area is 147 Å². The van der Waals surface area contributed by atoms with Crippen LogP contribution in [0.4, 0.5) is 0 Å². The molecule has 1 unspecified atom stereocenters. The third-order valence-corrected chi connectivity index (χ3v) is 4.90. The number of aliphatic carboxylic acids is 1. The fraction of sp³-hybridized carbons (Fsp3) is 0.895. The zero-order valence-electron chi connectivity index (χ0n) is 15.6. The van der Waals surface area contributed by atoms with Gasteiger partial charge in [-0.3, -0.25) is 14.5 Å². The van der Waals surface area contributed by atoms with Gasteiger partial charge in [-0.25, -0.2) is 0 Å². The van der Waals surface area contributed by atoms with E-state index in [1.807, 2.05) is 9.80 Å². The average Bonchev–Trinajstić information content (AvgIpc) is 3.02. The topological polar surface area (TPSA) is 60.9 Å².